The van der Waals surface area contributed by atoms with Crippen molar-refractivity contribution in [2.75, 3.05) is 39.5 Å². The molecule has 1 aliphatic heterocycles. The van der Waals surface area contributed by atoms with E-state index in [1.807, 2.05) is 4.74 Å². The van der Waals surface area contributed by atoms with Crippen LogP contribution in [0.15, 0.2) is 0 Å². The van der Waals surface area contributed by atoms with Gasteiger partial charge < -0.3 is 9.80 Å². The summed E-state index contributed by atoms with van der Waals surface area (Å²) in [5.41, 5.74) is -7.23. The Balaban J connectivity index is 3.28. The predicted octanol–water partition coefficient (Wildman–Crippen LogP) is 3.41. The fourth-order valence-corrected chi connectivity index (χ4v) is 3.77. The molecule has 0 aromatic rings. The molecule has 39 heavy (non-hydrogen) atoms. The molecule has 0 spiro atoms. The first kappa shape index (κ1) is 35.3. The van der Waals surface area contributed by atoms with Crippen LogP contribution in [0.4, 0.5) is 61.5 Å². The number of hydrogen-bond donors (Lipinski definition) is 2. The van der Waals surface area contributed by atoms with Gasteiger partial charge in [-0.3, -0.25) is 9.35 Å². The van der Waals surface area contributed by atoms with Crippen molar-refractivity contribution in [3.63, 3.8) is 0 Å². The van der Waals surface area contributed by atoms with Crippen LogP contribution in [0.2, 0.25) is 0 Å². The summed E-state index contributed by atoms with van der Waals surface area (Å²) < 4.78 is 224. The molecule has 232 valence electrons. The molecule has 1 rings (SSSR count). The monoisotopic (exact) mass is 632 g/mol. The summed E-state index contributed by atoms with van der Waals surface area (Å²) in [5.74, 6) is -4.38. The van der Waals surface area contributed by atoms with E-state index in [0.29, 0.717) is 0 Å². The number of halogens is 14. The lowest BCUT2D eigenvalue weighted by atomic mass is 9.98. The van der Waals surface area contributed by atoms with Crippen molar-refractivity contribution < 1.29 is 88.5 Å². The van der Waals surface area contributed by atoms with Crippen LogP contribution in [0.3, 0.4) is 0 Å². The highest BCUT2D eigenvalue weighted by molar-refractivity contribution is 7.85. The van der Waals surface area contributed by atoms with Crippen molar-refractivity contribution in [3.8, 4) is 0 Å². The number of carbonyl (C=O) groups excluding carboxylic acids is 1. The molecule has 1 heterocycles. The standard InChI is InChI=1S/C16H19F14N3O5S/c1-33(2,7-4-8-39(35,36)37)6-3-5-31-9(34)10(17,11(18,19)20)12(21,22)32-13(23,24)15(27,28)38-16(29,30)14(32,25)26/h3-8H2,1-2H3,(H-,31,34,35,36,37)/p+1. The molecule has 0 aromatic heterocycles. The van der Waals surface area contributed by atoms with Crippen LogP contribution in [0.1, 0.15) is 12.8 Å². The van der Waals surface area contributed by atoms with E-state index < -0.39 is 81.8 Å². The molecule has 1 fully saturated rings. The highest BCUT2D eigenvalue weighted by Crippen LogP contribution is 2.62. The van der Waals surface area contributed by atoms with Crippen LogP contribution in [-0.4, -0.2) is 110 Å². The van der Waals surface area contributed by atoms with Gasteiger partial charge in [-0.1, -0.05) is 0 Å². The van der Waals surface area contributed by atoms with Crippen LogP contribution in [0.5, 0.6) is 0 Å². The molecule has 2 N–H and O–H groups in total. The van der Waals surface area contributed by atoms with Gasteiger partial charge in [-0.15, -0.1) is 4.90 Å². The number of quaternary nitrogens is 1. The van der Waals surface area contributed by atoms with E-state index in [9.17, 15) is 74.7 Å². The minimum Gasteiger partial charge on any atom is -0.353 e. The summed E-state index contributed by atoms with van der Waals surface area (Å²) >= 11 is 0. The average molecular weight is 632 g/mol. The zero-order valence-corrected chi connectivity index (χ0v) is 20.2. The zero-order chi connectivity index (χ0) is 31.3. The number of carbonyl (C=O) groups is 1. The number of ether oxygens (including phenoxy) is 1. The number of alkyl halides is 14. The van der Waals surface area contributed by atoms with Gasteiger partial charge in [0.15, 0.2) is 0 Å². The fraction of sp³-hybridized carbons (Fsp3) is 0.938. The third-order valence-corrected chi connectivity index (χ3v) is 6.11. The van der Waals surface area contributed by atoms with Gasteiger partial charge in [0, 0.05) is 19.4 Å². The van der Waals surface area contributed by atoms with Crippen molar-refractivity contribution in [1.29, 1.82) is 0 Å². The first-order valence-electron chi connectivity index (χ1n) is 10.1. The molecule has 0 aliphatic carbocycles. The Morgan fingerprint density at radius 3 is 1.67 bits per heavy atom. The maximum Gasteiger partial charge on any atom is 0.439 e. The average Bonchev–Trinajstić information content (AvgIpc) is 2.65. The highest BCUT2D eigenvalue weighted by atomic mass is 32.2. The summed E-state index contributed by atoms with van der Waals surface area (Å²) in [7, 11) is -1.65. The Kier molecular flexibility index (Phi) is 9.31. The molecule has 1 unspecified atom stereocenters. The van der Waals surface area contributed by atoms with Crippen LogP contribution in [-0.2, 0) is 19.6 Å². The Morgan fingerprint density at radius 1 is 0.872 bits per heavy atom. The zero-order valence-electron chi connectivity index (χ0n) is 19.4. The smallest absolute Gasteiger partial charge is 0.353 e. The lowest BCUT2D eigenvalue weighted by Gasteiger charge is -2.51. The van der Waals surface area contributed by atoms with E-state index in [1.165, 1.54) is 14.1 Å². The number of hydrogen-bond acceptors (Lipinski definition) is 5. The maximum absolute atomic E-state index is 14.8. The molecule has 1 atom stereocenters. The summed E-state index contributed by atoms with van der Waals surface area (Å²) in [6.45, 7) is -1.50. The molecule has 1 amide bonds. The normalized spacial score (nSPS) is 23.2. The van der Waals surface area contributed by atoms with E-state index in [1.54, 1.807) is 0 Å². The number of nitrogens with zero attached hydrogens (tertiary/aromatic N) is 2. The molecule has 0 radical (unpaired) electrons. The van der Waals surface area contributed by atoms with Crippen LogP contribution in [0.25, 0.3) is 0 Å². The van der Waals surface area contributed by atoms with Gasteiger partial charge in [0.25, 0.3) is 16.0 Å². The van der Waals surface area contributed by atoms with Gasteiger partial charge in [0.1, 0.15) is 0 Å². The molecular formula is C16H20F14N3O5S+. The Morgan fingerprint density at radius 2 is 1.28 bits per heavy atom. The van der Waals surface area contributed by atoms with Gasteiger partial charge in [-0.25, -0.2) is 9.13 Å². The molecule has 0 aromatic carbocycles. The van der Waals surface area contributed by atoms with Gasteiger partial charge in [0.05, 0.1) is 32.9 Å². The third-order valence-electron chi connectivity index (χ3n) is 5.31. The SMILES string of the molecule is C[N+](C)(CCCNC(=O)C(F)(C(F)(F)F)C(F)(F)N1C(F)(F)C(F)(F)OC(F)(F)C1(F)F)CCCS(=O)(=O)O. The van der Waals surface area contributed by atoms with E-state index in [4.69, 9.17) is 4.55 Å². The molecule has 0 bridgehead atoms. The van der Waals surface area contributed by atoms with Crippen molar-refractivity contribution in [1.82, 2.24) is 10.2 Å². The van der Waals surface area contributed by atoms with E-state index >= 15 is 0 Å². The fourth-order valence-electron chi connectivity index (χ4n) is 3.28. The van der Waals surface area contributed by atoms with Crippen molar-refractivity contribution >= 4 is 16.0 Å². The van der Waals surface area contributed by atoms with Gasteiger partial charge >= 0.3 is 42.2 Å². The van der Waals surface area contributed by atoms with Gasteiger partial charge in [-0.2, -0.15) is 65.5 Å². The molecular weight excluding hydrogens is 612 g/mol. The topological polar surface area (TPSA) is 95.9 Å². The Labute approximate surface area is 210 Å². The lowest BCUT2D eigenvalue weighted by molar-refractivity contribution is -0.890. The minimum absolute atomic E-state index is 0.0506. The maximum atomic E-state index is 14.8. The summed E-state index contributed by atoms with van der Waals surface area (Å²) in [6, 6.07) is -22.7. The van der Waals surface area contributed by atoms with E-state index in [2.05, 4.69) is 0 Å². The van der Waals surface area contributed by atoms with E-state index in [-0.39, 0.29) is 24.0 Å². The second kappa shape index (κ2) is 10.3. The van der Waals surface area contributed by atoms with Crippen molar-refractivity contribution in [3.05, 3.63) is 0 Å². The van der Waals surface area contributed by atoms with Crippen LogP contribution >= 0.6 is 0 Å². The number of morpholine rings is 1. The van der Waals surface area contributed by atoms with Crippen molar-refractivity contribution in [2.24, 2.45) is 0 Å². The van der Waals surface area contributed by atoms with Crippen molar-refractivity contribution in [2.45, 2.75) is 55.0 Å². The first-order chi connectivity index (χ1) is 16.9. The number of amides is 1. The second-order valence-corrected chi connectivity index (χ2v) is 10.5. The predicted molar refractivity (Wildman–Crippen MR) is 98.1 cm³/mol. The lowest BCUT2D eigenvalue weighted by Crippen LogP contribution is -2.83. The van der Waals surface area contributed by atoms with Gasteiger partial charge in [0.2, 0.25) is 0 Å². The molecule has 1 aliphatic rings. The summed E-state index contributed by atoms with van der Waals surface area (Å²) in [6.07, 6.45) is -22.2. The third kappa shape index (κ3) is 6.62. The van der Waals surface area contributed by atoms with Crippen LogP contribution < -0.4 is 5.32 Å². The number of nitrogens with one attached hydrogen (secondary N) is 1. The van der Waals surface area contributed by atoms with Gasteiger partial charge in [-0.05, 0) is 0 Å². The molecule has 23 heteroatoms. The Bertz CT molecular complexity index is 994. The van der Waals surface area contributed by atoms with E-state index in [0.717, 1.165) is 5.32 Å². The quantitative estimate of drug-likeness (QED) is 0.119. The van der Waals surface area contributed by atoms with Crippen LogP contribution in [0, 0.1) is 0 Å². The molecule has 8 nitrogen and oxygen atoms in total. The molecule has 0 saturated carbocycles. The summed E-state index contributed by atoms with van der Waals surface area (Å²) in [4.78, 5) is 7.80. The largest absolute Gasteiger partial charge is 0.439 e. The number of rotatable bonds is 11. The first-order valence-corrected chi connectivity index (χ1v) is 11.7. The summed E-state index contributed by atoms with van der Waals surface area (Å²) in [5, 5.41) is 0.842. The second-order valence-electron chi connectivity index (χ2n) is 8.88. The molecule has 1 saturated heterocycles. The Hall–Kier alpha value is -1.72. The minimum atomic E-state index is -7.82. The highest BCUT2D eigenvalue weighted by Gasteiger charge is 2.92.